The second kappa shape index (κ2) is 5.91. The summed E-state index contributed by atoms with van der Waals surface area (Å²) in [6.45, 7) is 1.70. The van der Waals surface area contributed by atoms with Crippen LogP contribution < -0.4 is 10.6 Å². The van der Waals surface area contributed by atoms with E-state index in [2.05, 4.69) is 26.6 Å². The molecule has 3 N–H and O–H groups in total. The largest absolute Gasteiger partial charge is 0.505 e. The summed E-state index contributed by atoms with van der Waals surface area (Å²) in [5, 5.41) is 16.2. The molecule has 1 heterocycles. The van der Waals surface area contributed by atoms with E-state index in [0.29, 0.717) is 15.2 Å². The lowest BCUT2D eigenvalue weighted by Gasteiger charge is -2.22. The Balaban J connectivity index is 2.11. The highest BCUT2D eigenvalue weighted by Crippen LogP contribution is 2.35. The molecule has 18 heavy (non-hydrogen) atoms. The van der Waals surface area contributed by atoms with Crippen LogP contribution in [0.3, 0.4) is 0 Å². The molecule has 6 heteroatoms. The fraction of sp³-hybridized carbons (Fsp3) is 0.417. The Morgan fingerprint density at radius 2 is 2.11 bits per heavy atom. The highest BCUT2D eigenvalue weighted by Gasteiger charge is 2.22. The minimum absolute atomic E-state index is 0.00156. The Labute approximate surface area is 119 Å². The predicted octanol–water partition coefficient (Wildman–Crippen LogP) is 2.75. The third-order valence-electron chi connectivity index (χ3n) is 3.00. The number of hydrogen-bond acceptors (Lipinski definition) is 3. The van der Waals surface area contributed by atoms with Gasteiger partial charge in [0.1, 0.15) is 0 Å². The lowest BCUT2D eigenvalue weighted by Crippen LogP contribution is -2.34. The van der Waals surface area contributed by atoms with Crippen molar-refractivity contribution in [2.75, 3.05) is 18.4 Å². The highest BCUT2D eigenvalue weighted by atomic mass is 79.9. The van der Waals surface area contributed by atoms with Crippen molar-refractivity contribution < 1.29 is 9.90 Å². The Kier molecular flexibility index (Phi) is 4.48. The fourth-order valence-corrected chi connectivity index (χ4v) is 2.79. The second-order valence-electron chi connectivity index (χ2n) is 4.30. The van der Waals surface area contributed by atoms with Crippen LogP contribution in [0.15, 0.2) is 16.6 Å². The maximum atomic E-state index is 12.0. The fourth-order valence-electron chi connectivity index (χ4n) is 1.98. The molecule has 0 aliphatic carbocycles. The van der Waals surface area contributed by atoms with Gasteiger partial charge in [-0.15, -0.1) is 0 Å². The number of nitrogens with one attached hydrogen (secondary N) is 2. The number of anilines is 1. The van der Waals surface area contributed by atoms with Gasteiger partial charge in [-0.25, -0.2) is 0 Å². The molecule has 4 nitrogen and oxygen atoms in total. The van der Waals surface area contributed by atoms with Crippen molar-refractivity contribution in [1.82, 2.24) is 5.32 Å². The molecule has 1 aliphatic heterocycles. The summed E-state index contributed by atoms with van der Waals surface area (Å²) in [5.41, 5.74) is 0.345. The van der Waals surface area contributed by atoms with Gasteiger partial charge in [-0.3, -0.25) is 4.79 Å². The summed E-state index contributed by atoms with van der Waals surface area (Å²) in [6, 6.07) is 3.12. The first-order chi connectivity index (χ1) is 8.58. The lowest BCUT2D eigenvalue weighted by atomic mass is 9.97. The van der Waals surface area contributed by atoms with Crippen LogP contribution >= 0.6 is 27.5 Å². The molecule has 1 saturated heterocycles. The summed E-state index contributed by atoms with van der Waals surface area (Å²) in [5.74, 6) is -0.0777. The van der Waals surface area contributed by atoms with E-state index in [1.807, 2.05) is 0 Å². The van der Waals surface area contributed by atoms with E-state index in [1.54, 1.807) is 12.1 Å². The van der Waals surface area contributed by atoms with Crippen LogP contribution in [0.1, 0.15) is 12.8 Å². The van der Waals surface area contributed by atoms with Crippen LogP contribution in [-0.4, -0.2) is 24.1 Å². The Morgan fingerprint density at radius 3 is 2.78 bits per heavy atom. The van der Waals surface area contributed by atoms with Gasteiger partial charge in [0.2, 0.25) is 5.91 Å². The van der Waals surface area contributed by atoms with Crippen molar-refractivity contribution in [3.63, 3.8) is 0 Å². The summed E-state index contributed by atoms with van der Waals surface area (Å²) >= 11 is 9.08. The van der Waals surface area contributed by atoms with E-state index in [-0.39, 0.29) is 17.6 Å². The number of amides is 1. The quantitative estimate of drug-likeness (QED) is 0.729. The van der Waals surface area contributed by atoms with Crippen molar-refractivity contribution in [2.24, 2.45) is 5.92 Å². The summed E-state index contributed by atoms with van der Waals surface area (Å²) in [6.07, 6.45) is 1.63. The standard InChI is InChI=1S/C12H14BrClN2O2/c13-9-5-8(14)6-10(11(9)17)16-12(18)7-1-3-15-4-2-7/h5-7,15,17H,1-4H2,(H,16,18). The second-order valence-corrected chi connectivity index (χ2v) is 5.59. The molecule has 0 saturated carbocycles. The number of phenols is 1. The lowest BCUT2D eigenvalue weighted by molar-refractivity contribution is -0.120. The van der Waals surface area contributed by atoms with Crippen molar-refractivity contribution >= 4 is 39.1 Å². The zero-order valence-corrected chi connectivity index (χ0v) is 12.0. The normalized spacial score (nSPS) is 16.6. The minimum atomic E-state index is -0.0685. The zero-order valence-electron chi connectivity index (χ0n) is 9.67. The van der Waals surface area contributed by atoms with Gasteiger partial charge >= 0.3 is 0 Å². The Morgan fingerprint density at radius 1 is 1.44 bits per heavy atom. The first-order valence-corrected chi connectivity index (χ1v) is 6.94. The topological polar surface area (TPSA) is 61.4 Å². The van der Waals surface area contributed by atoms with Gasteiger partial charge in [0.25, 0.3) is 0 Å². The number of phenolic OH excluding ortho intramolecular Hbond substituents is 1. The smallest absolute Gasteiger partial charge is 0.227 e. The SMILES string of the molecule is O=C(Nc1cc(Cl)cc(Br)c1O)C1CCNCC1. The first-order valence-electron chi connectivity index (χ1n) is 5.77. The van der Waals surface area contributed by atoms with Crippen LogP contribution in [0, 0.1) is 5.92 Å². The summed E-state index contributed by atoms with van der Waals surface area (Å²) in [7, 11) is 0. The van der Waals surface area contributed by atoms with Crippen molar-refractivity contribution in [1.29, 1.82) is 0 Å². The summed E-state index contributed by atoms with van der Waals surface area (Å²) < 4.78 is 0.468. The summed E-state index contributed by atoms with van der Waals surface area (Å²) in [4.78, 5) is 12.0. The van der Waals surface area contributed by atoms with Gasteiger partial charge in [0.15, 0.2) is 5.75 Å². The molecule has 0 unspecified atom stereocenters. The zero-order chi connectivity index (χ0) is 13.1. The average molecular weight is 334 g/mol. The molecule has 2 rings (SSSR count). The van der Waals surface area contributed by atoms with Crippen LogP contribution in [0.25, 0.3) is 0 Å². The van der Waals surface area contributed by atoms with E-state index >= 15 is 0 Å². The van der Waals surface area contributed by atoms with E-state index in [4.69, 9.17) is 11.6 Å². The first kappa shape index (κ1) is 13.6. The number of carbonyl (C=O) groups excluding carboxylic acids is 1. The number of carbonyl (C=O) groups is 1. The molecule has 0 aromatic heterocycles. The van der Waals surface area contributed by atoms with Crippen molar-refractivity contribution in [3.05, 3.63) is 21.6 Å². The number of rotatable bonds is 2. The van der Waals surface area contributed by atoms with Gasteiger partial charge in [-0.2, -0.15) is 0 Å². The molecule has 1 aromatic carbocycles. The third-order valence-corrected chi connectivity index (χ3v) is 3.82. The van der Waals surface area contributed by atoms with Gasteiger partial charge in [0, 0.05) is 10.9 Å². The van der Waals surface area contributed by atoms with Gasteiger partial charge in [0.05, 0.1) is 10.2 Å². The van der Waals surface area contributed by atoms with E-state index in [1.165, 1.54) is 0 Å². The van der Waals surface area contributed by atoms with Crippen LogP contribution in [0.2, 0.25) is 5.02 Å². The maximum Gasteiger partial charge on any atom is 0.227 e. The van der Waals surface area contributed by atoms with E-state index < -0.39 is 0 Å². The highest BCUT2D eigenvalue weighted by molar-refractivity contribution is 9.10. The molecule has 0 spiro atoms. The molecule has 0 radical (unpaired) electrons. The molecular formula is C12H14BrClN2O2. The van der Waals surface area contributed by atoms with Gasteiger partial charge in [-0.1, -0.05) is 11.6 Å². The van der Waals surface area contributed by atoms with Gasteiger partial charge < -0.3 is 15.7 Å². The van der Waals surface area contributed by atoms with Crippen LogP contribution in [0.4, 0.5) is 5.69 Å². The Hall–Kier alpha value is -0.780. The van der Waals surface area contributed by atoms with Crippen LogP contribution in [-0.2, 0) is 4.79 Å². The number of halogens is 2. The van der Waals surface area contributed by atoms with Gasteiger partial charge in [-0.05, 0) is 54.0 Å². The predicted molar refractivity (Wildman–Crippen MR) is 75.0 cm³/mol. The van der Waals surface area contributed by atoms with E-state index in [0.717, 1.165) is 25.9 Å². The number of benzene rings is 1. The minimum Gasteiger partial charge on any atom is -0.505 e. The third kappa shape index (κ3) is 3.16. The number of piperidine rings is 1. The van der Waals surface area contributed by atoms with Crippen LogP contribution in [0.5, 0.6) is 5.75 Å². The molecule has 1 amide bonds. The number of hydrogen-bond donors (Lipinski definition) is 3. The molecule has 98 valence electrons. The average Bonchev–Trinajstić information content (AvgIpc) is 2.36. The maximum absolute atomic E-state index is 12.0. The molecule has 1 aliphatic rings. The molecule has 0 bridgehead atoms. The molecule has 0 atom stereocenters. The Bertz CT molecular complexity index is 462. The molecular weight excluding hydrogens is 320 g/mol. The number of aromatic hydroxyl groups is 1. The molecule has 1 fully saturated rings. The van der Waals surface area contributed by atoms with Crippen molar-refractivity contribution in [3.8, 4) is 5.75 Å². The van der Waals surface area contributed by atoms with E-state index in [9.17, 15) is 9.90 Å². The monoisotopic (exact) mass is 332 g/mol. The van der Waals surface area contributed by atoms with Crippen molar-refractivity contribution in [2.45, 2.75) is 12.8 Å². The molecule has 1 aromatic rings.